The largest absolute Gasteiger partial charge is 0.316 e. The molecule has 22 heavy (non-hydrogen) atoms. The molecule has 0 spiro atoms. The molecule has 0 radical (unpaired) electrons. The van der Waals surface area contributed by atoms with Gasteiger partial charge in [-0.25, -0.2) is 4.39 Å². The SMILES string of the molecule is Fc1ccc2c(c1)CCC[C@@H]2NCCn1cnnc1C1CC1. The van der Waals surface area contributed by atoms with Gasteiger partial charge < -0.3 is 9.88 Å². The van der Waals surface area contributed by atoms with Crippen LogP contribution in [0, 0.1) is 5.82 Å². The molecule has 2 aliphatic carbocycles. The summed E-state index contributed by atoms with van der Waals surface area (Å²) in [7, 11) is 0. The van der Waals surface area contributed by atoms with Crippen LogP contribution in [-0.4, -0.2) is 21.3 Å². The summed E-state index contributed by atoms with van der Waals surface area (Å²) in [4.78, 5) is 0. The second kappa shape index (κ2) is 5.80. The van der Waals surface area contributed by atoms with Gasteiger partial charge in [0.15, 0.2) is 0 Å². The van der Waals surface area contributed by atoms with E-state index < -0.39 is 0 Å². The summed E-state index contributed by atoms with van der Waals surface area (Å²) in [6.45, 7) is 1.78. The molecule has 1 saturated carbocycles. The third kappa shape index (κ3) is 2.77. The van der Waals surface area contributed by atoms with Crippen molar-refractivity contribution in [2.45, 2.75) is 50.6 Å². The van der Waals surface area contributed by atoms with Gasteiger partial charge in [-0.2, -0.15) is 0 Å². The highest BCUT2D eigenvalue weighted by Gasteiger charge is 2.28. The molecule has 2 aromatic rings. The van der Waals surface area contributed by atoms with E-state index in [0.717, 1.165) is 43.7 Å². The standard InChI is InChI=1S/C17H21FN4/c18-14-6-7-15-13(10-14)2-1-3-16(15)19-8-9-22-11-20-21-17(22)12-4-5-12/h6-7,10-12,16,19H,1-5,8-9H2/t16-/m0/s1. The highest BCUT2D eigenvalue weighted by atomic mass is 19.1. The molecule has 5 heteroatoms. The normalized spacial score (nSPS) is 20.9. The van der Waals surface area contributed by atoms with Crippen molar-refractivity contribution in [2.24, 2.45) is 0 Å². The third-order valence-electron chi connectivity index (χ3n) is 4.75. The van der Waals surface area contributed by atoms with Gasteiger partial charge in [0.25, 0.3) is 0 Å². The topological polar surface area (TPSA) is 42.7 Å². The van der Waals surface area contributed by atoms with Crippen molar-refractivity contribution < 1.29 is 4.39 Å². The van der Waals surface area contributed by atoms with E-state index in [9.17, 15) is 4.39 Å². The first-order valence-corrected chi connectivity index (χ1v) is 8.20. The molecule has 1 atom stereocenters. The lowest BCUT2D eigenvalue weighted by molar-refractivity contribution is 0.441. The van der Waals surface area contributed by atoms with E-state index in [4.69, 9.17) is 0 Å². The number of rotatable bonds is 5. The molecule has 1 fully saturated rings. The maximum absolute atomic E-state index is 13.3. The minimum Gasteiger partial charge on any atom is -0.316 e. The number of fused-ring (bicyclic) bond motifs is 1. The fraction of sp³-hybridized carbons (Fsp3) is 0.529. The number of aromatic nitrogens is 3. The number of hydrogen-bond donors (Lipinski definition) is 1. The van der Waals surface area contributed by atoms with Gasteiger partial charge in [-0.15, -0.1) is 10.2 Å². The Labute approximate surface area is 129 Å². The summed E-state index contributed by atoms with van der Waals surface area (Å²) in [5.41, 5.74) is 2.42. The second-order valence-electron chi connectivity index (χ2n) is 6.40. The molecule has 1 aromatic carbocycles. The Kier molecular flexibility index (Phi) is 3.66. The summed E-state index contributed by atoms with van der Waals surface area (Å²) in [5, 5.41) is 11.9. The Morgan fingerprint density at radius 2 is 2.18 bits per heavy atom. The number of halogens is 1. The summed E-state index contributed by atoms with van der Waals surface area (Å²) >= 11 is 0. The van der Waals surface area contributed by atoms with Crippen molar-refractivity contribution in [2.75, 3.05) is 6.54 Å². The fourth-order valence-electron chi connectivity index (χ4n) is 3.45. The van der Waals surface area contributed by atoms with E-state index in [0.29, 0.717) is 12.0 Å². The van der Waals surface area contributed by atoms with Gasteiger partial charge in [-0.05, 0) is 55.4 Å². The summed E-state index contributed by atoms with van der Waals surface area (Å²) < 4.78 is 15.5. The van der Waals surface area contributed by atoms with Crippen LogP contribution in [0.4, 0.5) is 4.39 Å². The molecule has 116 valence electrons. The van der Waals surface area contributed by atoms with Gasteiger partial charge >= 0.3 is 0 Å². The molecule has 2 aliphatic rings. The van der Waals surface area contributed by atoms with E-state index in [1.165, 1.54) is 18.4 Å². The van der Waals surface area contributed by atoms with Crippen LogP contribution < -0.4 is 5.32 Å². The Morgan fingerprint density at radius 3 is 3.05 bits per heavy atom. The molecule has 4 nitrogen and oxygen atoms in total. The van der Waals surface area contributed by atoms with Crippen LogP contribution in [-0.2, 0) is 13.0 Å². The zero-order chi connectivity index (χ0) is 14.9. The summed E-state index contributed by atoms with van der Waals surface area (Å²) in [5.74, 6) is 1.63. The first-order chi connectivity index (χ1) is 10.8. The maximum atomic E-state index is 13.3. The molecule has 0 aliphatic heterocycles. The lowest BCUT2D eigenvalue weighted by Crippen LogP contribution is -2.28. The van der Waals surface area contributed by atoms with Crippen LogP contribution in [0.2, 0.25) is 0 Å². The highest BCUT2D eigenvalue weighted by molar-refractivity contribution is 5.32. The average Bonchev–Trinajstić information content (AvgIpc) is 3.26. The van der Waals surface area contributed by atoms with Crippen molar-refractivity contribution in [3.05, 3.63) is 47.3 Å². The van der Waals surface area contributed by atoms with Crippen molar-refractivity contribution >= 4 is 0 Å². The van der Waals surface area contributed by atoms with Gasteiger partial charge in [0.1, 0.15) is 18.0 Å². The smallest absolute Gasteiger partial charge is 0.135 e. The van der Waals surface area contributed by atoms with E-state index in [1.807, 2.05) is 12.4 Å². The van der Waals surface area contributed by atoms with Crippen LogP contribution in [0.1, 0.15) is 54.6 Å². The van der Waals surface area contributed by atoms with Gasteiger partial charge in [0.05, 0.1) is 0 Å². The van der Waals surface area contributed by atoms with Gasteiger partial charge in [0, 0.05) is 25.0 Å². The minimum atomic E-state index is -0.127. The maximum Gasteiger partial charge on any atom is 0.135 e. The van der Waals surface area contributed by atoms with E-state index in [1.54, 1.807) is 12.1 Å². The predicted molar refractivity (Wildman–Crippen MR) is 82.1 cm³/mol. The van der Waals surface area contributed by atoms with Gasteiger partial charge in [0.2, 0.25) is 0 Å². The zero-order valence-electron chi connectivity index (χ0n) is 12.6. The minimum absolute atomic E-state index is 0.127. The van der Waals surface area contributed by atoms with Crippen molar-refractivity contribution in [1.82, 2.24) is 20.1 Å². The highest BCUT2D eigenvalue weighted by Crippen LogP contribution is 2.38. The van der Waals surface area contributed by atoms with E-state index >= 15 is 0 Å². The number of benzene rings is 1. The summed E-state index contributed by atoms with van der Waals surface area (Å²) in [6.07, 6.45) is 7.55. The zero-order valence-corrected chi connectivity index (χ0v) is 12.6. The van der Waals surface area contributed by atoms with Crippen LogP contribution in [0.5, 0.6) is 0 Å². The van der Waals surface area contributed by atoms with Crippen molar-refractivity contribution in [3.63, 3.8) is 0 Å². The van der Waals surface area contributed by atoms with Gasteiger partial charge in [-0.3, -0.25) is 0 Å². The molecule has 0 bridgehead atoms. The fourth-order valence-corrected chi connectivity index (χ4v) is 3.45. The quantitative estimate of drug-likeness (QED) is 0.923. The number of nitrogens with zero attached hydrogens (tertiary/aromatic N) is 3. The molecule has 0 amide bonds. The summed E-state index contributed by atoms with van der Waals surface area (Å²) in [6, 6.07) is 5.54. The molecule has 1 N–H and O–H groups in total. The van der Waals surface area contributed by atoms with E-state index in [-0.39, 0.29) is 5.82 Å². The van der Waals surface area contributed by atoms with Crippen molar-refractivity contribution in [1.29, 1.82) is 0 Å². The number of aryl methyl sites for hydroxylation is 1. The molecule has 1 heterocycles. The average molecular weight is 300 g/mol. The monoisotopic (exact) mass is 300 g/mol. The van der Waals surface area contributed by atoms with Crippen LogP contribution in [0.25, 0.3) is 0 Å². The molecular weight excluding hydrogens is 279 g/mol. The third-order valence-corrected chi connectivity index (χ3v) is 4.75. The number of nitrogens with one attached hydrogen (secondary N) is 1. The van der Waals surface area contributed by atoms with E-state index in [2.05, 4.69) is 20.1 Å². The Bertz CT molecular complexity index is 662. The Morgan fingerprint density at radius 1 is 1.27 bits per heavy atom. The van der Waals surface area contributed by atoms with Crippen molar-refractivity contribution in [3.8, 4) is 0 Å². The van der Waals surface area contributed by atoms with Crippen LogP contribution >= 0.6 is 0 Å². The number of hydrogen-bond acceptors (Lipinski definition) is 3. The van der Waals surface area contributed by atoms with Crippen LogP contribution in [0.15, 0.2) is 24.5 Å². The van der Waals surface area contributed by atoms with Crippen LogP contribution in [0.3, 0.4) is 0 Å². The lowest BCUT2D eigenvalue weighted by Gasteiger charge is -2.26. The molecule has 0 saturated heterocycles. The first kappa shape index (κ1) is 13.9. The van der Waals surface area contributed by atoms with Gasteiger partial charge in [-0.1, -0.05) is 6.07 Å². The lowest BCUT2D eigenvalue weighted by atomic mass is 9.87. The Hall–Kier alpha value is -1.75. The molecule has 0 unspecified atom stereocenters. The Balaban J connectivity index is 1.39. The predicted octanol–water partition coefficient (Wildman–Crippen LogP) is 2.96. The second-order valence-corrected chi connectivity index (χ2v) is 6.40. The molecule has 4 rings (SSSR count). The molecular formula is C17H21FN4. The molecule has 1 aromatic heterocycles. The first-order valence-electron chi connectivity index (χ1n) is 8.20.